The van der Waals surface area contributed by atoms with Crippen LogP contribution in [0.25, 0.3) is 0 Å². The number of nitrogens with zero attached hydrogens (tertiary/aromatic N) is 3. The summed E-state index contributed by atoms with van der Waals surface area (Å²) in [7, 11) is -2.13. The minimum atomic E-state index is -3.61. The fourth-order valence-corrected chi connectivity index (χ4v) is 6.22. The lowest BCUT2D eigenvalue weighted by Crippen LogP contribution is -2.52. The maximum absolute atomic E-state index is 13.9. The van der Waals surface area contributed by atoms with Crippen LogP contribution >= 0.6 is 0 Å². The van der Waals surface area contributed by atoms with Gasteiger partial charge in [0.1, 0.15) is 5.82 Å². The van der Waals surface area contributed by atoms with E-state index in [0.29, 0.717) is 31.5 Å². The summed E-state index contributed by atoms with van der Waals surface area (Å²) in [5.41, 5.74) is 0.644. The molecule has 0 bridgehead atoms. The number of rotatable bonds is 11. The molecule has 0 unspecified atom stereocenters. The van der Waals surface area contributed by atoms with Gasteiger partial charge in [0.15, 0.2) is 0 Å². The summed E-state index contributed by atoms with van der Waals surface area (Å²) in [4.78, 5) is 30.1. The first kappa shape index (κ1) is 28.5. The molecule has 2 aliphatic rings. The molecule has 2 fully saturated rings. The molecule has 1 aliphatic heterocycles. The fraction of sp³-hybridized carbons (Fsp3) is 0.692. The van der Waals surface area contributed by atoms with Crippen LogP contribution in [0.3, 0.4) is 0 Å². The first-order chi connectivity index (χ1) is 17.2. The van der Waals surface area contributed by atoms with E-state index in [0.717, 1.165) is 25.7 Å². The molecule has 2 amide bonds. The molecule has 1 aromatic rings. The van der Waals surface area contributed by atoms with Crippen LogP contribution in [0.4, 0.5) is 4.39 Å². The Morgan fingerprint density at radius 3 is 2.42 bits per heavy atom. The Morgan fingerprint density at radius 1 is 1.11 bits per heavy atom. The number of sulfonamides is 1. The highest BCUT2D eigenvalue weighted by Crippen LogP contribution is 2.28. The third-order valence-corrected chi connectivity index (χ3v) is 9.18. The monoisotopic (exact) mass is 525 g/mol. The molecule has 1 saturated carbocycles. The van der Waals surface area contributed by atoms with Crippen molar-refractivity contribution in [3.05, 3.63) is 35.6 Å². The van der Waals surface area contributed by atoms with Gasteiger partial charge in [-0.1, -0.05) is 31.4 Å². The second-order valence-corrected chi connectivity index (χ2v) is 12.0. The summed E-state index contributed by atoms with van der Waals surface area (Å²) in [6.45, 7) is 2.82. The minimum Gasteiger partial charge on any atom is -0.383 e. The first-order valence-corrected chi connectivity index (χ1v) is 14.7. The molecule has 36 heavy (non-hydrogen) atoms. The Labute approximate surface area is 214 Å². The average molecular weight is 526 g/mol. The number of hydrogen-bond acceptors (Lipinski definition) is 5. The predicted molar refractivity (Wildman–Crippen MR) is 136 cm³/mol. The van der Waals surface area contributed by atoms with Crippen LogP contribution in [0.1, 0.15) is 57.4 Å². The van der Waals surface area contributed by atoms with Gasteiger partial charge in [-0.2, -0.15) is 4.31 Å². The van der Waals surface area contributed by atoms with Crippen molar-refractivity contribution in [1.82, 2.24) is 14.1 Å². The number of methoxy groups -OCH3 is 1. The van der Waals surface area contributed by atoms with Crippen LogP contribution in [0.5, 0.6) is 0 Å². The molecule has 8 nitrogen and oxygen atoms in total. The Morgan fingerprint density at radius 2 is 1.81 bits per heavy atom. The van der Waals surface area contributed by atoms with Crippen LogP contribution in [0, 0.1) is 11.7 Å². The van der Waals surface area contributed by atoms with E-state index in [1.165, 1.54) is 30.0 Å². The molecule has 1 aromatic carbocycles. The van der Waals surface area contributed by atoms with Gasteiger partial charge in [0.25, 0.3) is 0 Å². The average Bonchev–Trinajstić information content (AvgIpc) is 2.89. The lowest BCUT2D eigenvalue weighted by Gasteiger charge is -2.40. The van der Waals surface area contributed by atoms with Crippen molar-refractivity contribution in [3.8, 4) is 0 Å². The minimum absolute atomic E-state index is 0.0839. The summed E-state index contributed by atoms with van der Waals surface area (Å²) < 4.78 is 45.3. The highest BCUT2D eigenvalue weighted by atomic mass is 32.2. The molecular weight excluding hydrogens is 485 g/mol. The van der Waals surface area contributed by atoms with Crippen molar-refractivity contribution in [3.63, 3.8) is 0 Å². The summed E-state index contributed by atoms with van der Waals surface area (Å²) in [5, 5.41) is 0. The summed E-state index contributed by atoms with van der Waals surface area (Å²) in [6, 6.07) is 5.95. The van der Waals surface area contributed by atoms with Crippen molar-refractivity contribution in [1.29, 1.82) is 0 Å². The number of carbonyl (C=O) groups excluding carboxylic acids is 2. The zero-order valence-corrected chi connectivity index (χ0v) is 22.3. The molecule has 202 valence electrons. The van der Waals surface area contributed by atoms with Crippen LogP contribution in [-0.2, 0) is 30.9 Å². The molecule has 1 heterocycles. The van der Waals surface area contributed by atoms with E-state index in [9.17, 15) is 22.4 Å². The van der Waals surface area contributed by atoms with E-state index < -0.39 is 10.0 Å². The fourth-order valence-electron chi connectivity index (χ4n) is 5.19. The van der Waals surface area contributed by atoms with Crippen molar-refractivity contribution < 1.29 is 27.1 Å². The maximum Gasteiger partial charge on any atom is 0.238 e. The van der Waals surface area contributed by atoms with Crippen molar-refractivity contribution >= 4 is 21.8 Å². The first-order valence-electron chi connectivity index (χ1n) is 13.0. The Bertz CT molecular complexity index is 976. The number of hydrogen-bond donors (Lipinski definition) is 0. The topological polar surface area (TPSA) is 87.2 Å². The van der Waals surface area contributed by atoms with Gasteiger partial charge in [0.05, 0.1) is 18.9 Å². The summed E-state index contributed by atoms with van der Waals surface area (Å²) in [5.74, 6) is -0.507. The standard InChI is InChI=1S/C26H40FN3O5S/c1-3-36(33,34)29(16-17-35-2)20-25(31)30(19-21-8-7-11-23(27)18-21)24-12-14-28(15-13-24)26(32)22-9-5-4-6-10-22/h7-8,11,18,22,24H,3-6,9-10,12-17,19-20H2,1-2H3. The number of amides is 2. The van der Waals surface area contributed by atoms with E-state index >= 15 is 0 Å². The lowest BCUT2D eigenvalue weighted by atomic mass is 9.87. The van der Waals surface area contributed by atoms with E-state index in [4.69, 9.17) is 4.74 Å². The number of likely N-dealkylation sites (tertiary alicyclic amines) is 1. The highest BCUT2D eigenvalue weighted by Gasteiger charge is 2.34. The number of piperidine rings is 1. The van der Waals surface area contributed by atoms with E-state index in [1.807, 2.05) is 4.90 Å². The zero-order chi connectivity index (χ0) is 26.1. The lowest BCUT2D eigenvalue weighted by molar-refractivity contribution is -0.140. The van der Waals surface area contributed by atoms with Gasteiger partial charge in [-0.25, -0.2) is 12.8 Å². The van der Waals surface area contributed by atoms with Gasteiger partial charge in [-0.05, 0) is 50.3 Å². The van der Waals surface area contributed by atoms with Crippen molar-refractivity contribution in [2.24, 2.45) is 5.92 Å². The summed E-state index contributed by atoms with van der Waals surface area (Å²) in [6.07, 6.45) is 6.51. The van der Waals surface area contributed by atoms with Gasteiger partial charge >= 0.3 is 0 Å². The number of benzene rings is 1. The Kier molecular flexibility index (Phi) is 10.7. The number of ether oxygens (including phenoxy) is 1. The molecular formula is C26H40FN3O5S. The summed E-state index contributed by atoms with van der Waals surface area (Å²) >= 11 is 0. The third kappa shape index (κ3) is 7.73. The molecule has 0 atom stereocenters. The van der Waals surface area contributed by atoms with Gasteiger partial charge in [0.2, 0.25) is 21.8 Å². The van der Waals surface area contributed by atoms with Crippen LogP contribution in [0.2, 0.25) is 0 Å². The van der Waals surface area contributed by atoms with Gasteiger partial charge in [-0.15, -0.1) is 0 Å². The SMILES string of the molecule is CCS(=O)(=O)N(CCOC)CC(=O)N(Cc1cccc(F)c1)C1CCN(C(=O)C2CCCCC2)CC1. The second-order valence-electron chi connectivity index (χ2n) is 9.77. The highest BCUT2D eigenvalue weighted by molar-refractivity contribution is 7.89. The normalized spacial score (nSPS) is 17.9. The molecule has 0 N–H and O–H groups in total. The van der Waals surface area contributed by atoms with Gasteiger partial charge < -0.3 is 14.5 Å². The Balaban J connectivity index is 1.73. The molecule has 3 rings (SSSR count). The number of halogens is 1. The van der Waals surface area contributed by atoms with E-state index in [2.05, 4.69) is 0 Å². The van der Waals surface area contributed by atoms with Crippen molar-refractivity contribution in [2.75, 3.05) is 45.6 Å². The van der Waals surface area contributed by atoms with Crippen LogP contribution in [-0.4, -0.2) is 86.0 Å². The molecule has 0 radical (unpaired) electrons. The second kappa shape index (κ2) is 13.5. The number of carbonyl (C=O) groups is 2. The largest absolute Gasteiger partial charge is 0.383 e. The van der Waals surface area contributed by atoms with Gasteiger partial charge in [-0.3, -0.25) is 9.59 Å². The smallest absolute Gasteiger partial charge is 0.238 e. The molecule has 0 spiro atoms. The third-order valence-electron chi connectivity index (χ3n) is 7.35. The van der Waals surface area contributed by atoms with Crippen LogP contribution < -0.4 is 0 Å². The molecule has 0 aromatic heterocycles. The predicted octanol–water partition coefficient (Wildman–Crippen LogP) is 3.02. The van der Waals surface area contributed by atoms with Gasteiger partial charge in [0, 0.05) is 45.2 Å². The zero-order valence-electron chi connectivity index (χ0n) is 21.5. The van der Waals surface area contributed by atoms with Crippen LogP contribution in [0.15, 0.2) is 24.3 Å². The molecule has 10 heteroatoms. The molecule has 1 aliphatic carbocycles. The van der Waals surface area contributed by atoms with E-state index in [-0.39, 0.29) is 61.6 Å². The van der Waals surface area contributed by atoms with E-state index in [1.54, 1.807) is 24.0 Å². The molecule has 1 saturated heterocycles. The quantitative estimate of drug-likeness (QED) is 0.443. The Hall–Kier alpha value is -2.04. The van der Waals surface area contributed by atoms with Crippen molar-refractivity contribution in [2.45, 2.75) is 64.5 Å². The maximum atomic E-state index is 13.9.